The van der Waals surface area contributed by atoms with Crippen LogP contribution in [-0.2, 0) is 14.3 Å². The summed E-state index contributed by atoms with van der Waals surface area (Å²) in [6.07, 6.45) is 3.31. The SMILES string of the molecule is CCCC(=O)NCCOC(C)(C)CCOC(C)(C)CC. The number of ether oxygens (including phenoxy) is 2. The van der Waals surface area contributed by atoms with E-state index in [4.69, 9.17) is 9.47 Å². The van der Waals surface area contributed by atoms with Crippen molar-refractivity contribution in [3.63, 3.8) is 0 Å². The summed E-state index contributed by atoms with van der Waals surface area (Å²) in [5.74, 6) is 0.0990. The van der Waals surface area contributed by atoms with Crippen LogP contribution in [0.4, 0.5) is 0 Å². The fourth-order valence-corrected chi connectivity index (χ4v) is 1.58. The molecule has 0 bridgehead atoms. The number of amides is 1. The van der Waals surface area contributed by atoms with Gasteiger partial charge in [-0.25, -0.2) is 0 Å². The van der Waals surface area contributed by atoms with Crippen molar-refractivity contribution in [1.29, 1.82) is 0 Å². The van der Waals surface area contributed by atoms with Gasteiger partial charge in [-0.1, -0.05) is 13.8 Å². The van der Waals surface area contributed by atoms with Gasteiger partial charge in [0.25, 0.3) is 0 Å². The normalized spacial score (nSPS) is 12.5. The van der Waals surface area contributed by atoms with E-state index in [1.807, 2.05) is 6.92 Å². The minimum atomic E-state index is -0.223. The molecule has 0 heterocycles. The number of nitrogens with one attached hydrogen (secondary N) is 1. The standard InChI is InChI=1S/C16H33NO3/c1-7-9-14(18)17-11-13-20-16(5,6)10-12-19-15(3,4)8-2/h7-13H2,1-6H3,(H,17,18). The van der Waals surface area contributed by atoms with Gasteiger partial charge < -0.3 is 14.8 Å². The zero-order chi connectivity index (χ0) is 15.6. The molecular weight excluding hydrogens is 254 g/mol. The van der Waals surface area contributed by atoms with Gasteiger partial charge in [-0.05, 0) is 47.0 Å². The Morgan fingerprint density at radius 1 is 1.00 bits per heavy atom. The predicted octanol–water partition coefficient (Wildman–Crippen LogP) is 3.29. The van der Waals surface area contributed by atoms with Gasteiger partial charge in [0.05, 0.1) is 24.4 Å². The number of carbonyl (C=O) groups is 1. The molecule has 0 fully saturated rings. The van der Waals surface area contributed by atoms with Crippen LogP contribution < -0.4 is 5.32 Å². The predicted molar refractivity (Wildman–Crippen MR) is 82.9 cm³/mol. The van der Waals surface area contributed by atoms with Crippen LogP contribution in [0.25, 0.3) is 0 Å². The summed E-state index contributed by atoms with van der Waals surface area (Å²) in [7, 11) is 0. The zero-order valence-electron chi connectivity index (χ0n) is 14.2. The van der Waals surface area contributed by atoms with Crippen molar-refractivity contribution in [3.05, 3.63) is 0 Å². The lowest BCUT2D eigenvalue weighted by atomic mass is 10.0. The Bertz CT molecular complexity index is 275. The first-order chi connectivity index (χ1) is 9.22. The third kappa shape index (κ3) is 10.2. The molecule has 120 valence electrons. The van der Waals surface area contributed by atoms with Gasteiger partial charge in [-0.3, -0.25) is 4.79 Å². The van der Waals surface area contributed by atoms with Gasteiger partial charge in [0.15, 0.2) is 0 Å². The maximum absolute atomic E-state index is 11.3. The Hall–Kier alpha value is -0.610. The molecule has 1 N–H and O–H groups in total. The number of rotatable bonds is 11. The van der Waals surface area contributed by atoms with Crippen LogP contribution in [0.3, 0.4) is 0 Å². The molecular formula is C16H33NO3. The second-order valence-electron chi connectivity index (χ2n) is 6.42. The van der Waals surface area contributed by atoms with Crippen molar-refractivity contribution in [1.82, 2.24) is 5.32 Å². The fraction of sp³-hybridized carbons (Fsp3) is 0.938. The summed E-state index contributed by atoms with van der Waals surface area (Å²) in [5, 5.41) is 2.85. The monoisotopic (exact) mass is 287 g/mol. The Labute approximate surface area is 124 Å². The lowest BCUT2D eigenvalue weighted by molar-refractivity contribution is -0.122. The van der Waals surface area contributed by atoms with E-state index < -0.39 is 0 Å². The van der Waals surface area contributed by atoms with Crippen LogP contribution in [0.15, 0.2) is 0 Å². The summed E-state index contributed by atoms with van der Waals surface area (Å²) < 4.78 is 11.7. The van der Waals surface area contributed by atoms with Crippen LogP contribution in [0.5, 0.6) is 0 Å². The molecule has 0 rings (SSSR count). The molecule has 0 aromatic carbocycles. The summed E-state index contributed by atoms with van der Waals surface area (Å²) in [4.78, 5) is 11.3. The van der Waals surface area contributed by atoms with Gasteiger partial charge in [-0.2, -0.15) is 0 Å². The van der Waals surface area contributed by atoms with Gasteiger partial charge in [0, 0.05) is 13.0 Å². The van der Waals surface area contributed by atoms with Crippen LogP contribution in [0.1, 0.15) is 67.2 Å². The Kier molecular flexibility index (Phi) is 9.06. The highest BCUT2D eigenvalue weighted by molar-refractivity contribution is 5.75. The van der Waals surface area contributed by atoms with Crippen molar-refractivity contribution in [3.8, 4) is 0 Å². The number of hydrogen-bond acceptors (Lipinski definition) is 3. The molecule has 0 atom stereocenters. The molecule has 0 aromatic rings. The largest absolute Gasteiger partial charge is 0.375 e. The fourth-order valence-electron chi connectivity index (χ4n) is 1.58. The van der Waals surface area contributed by atoms with Crippen molar-refractivity contribution in [2.45, 2.75) is 78.4 Å². The average Bonchev–Trinajstić information content (AvgIpc) is 2.34. The van der Waals surface area contributed by atoms with Crippen molar-refractivity contribution in [2.24, 2.45) is 0 Å². The van der Waals surface area contributed by atoms with Crippen molar-refractivity contribution < 1.29 is 14.3 Å². The molecule has 0 spiro atoms. The van der Waals surface area contributed by atoms with Crippen molar-refractivity contribution >= 4 is 5.91 Å². The highest BCUT2D eigenvalue weighted by Crippen LogP contribution is 2.18. The number of carbonyl (C=O) groups excluding carboxylic acids is 1. The molecule has 4 nitrogen and oxygen atoms in total. The quantitative estimate of drug-likeness (QED) is 0.593. The van der Waals surface area contributed by atoms with E-state index in [-0.39, 0.29) is 17.1 Å². The highest BCUT2D eigenvalue weighted by Gasteiger charge is 2.21. The third-order valence-corrected chi connectivity index (χ3v) is 3.44. The molecule has 4 heteroatoms. The summed E-state index contributed by atoms with van der Waals surface area (Å²) >= 11 is 0. The lowest BCUT2D eigenvalue weighted by Crippen LogP contribution is -2.34. The first-order valence-corrected chi connectivity index (χ1v) is 7.77. The summed E-state index contributed by atoms with van der Waals surface area (Å²) in [5.41, 5.74) is -0.288. The van der Waals surface area contributed by atoms with E-state index >= 15 is 0 Å². The first-order valence-electron chi connectivity index (χ1n) is 7.77. The molecule has 0 aliphatic rings. The van der Waals surface area contributed by atoms with Crippen LogP contribution in [0, 0.1) is 0 Å². The molecule has 0 unspecified atom stereocenters. The lowest BCUT2D eigenvalue weighted by Gasteiger charge is -2.29. The molecule has 0 aromatic heterocycles. The van der Waals surface area contributed by atoms with E-state index in [1.54, 1.807) is 0 Å². The van der Waals surface area contributed by atoms with Gasteiger partial charge in [-0.15, -0.1) is 0 Å². The van der Waals surface area contributed by atoms with Crippen molar-refractivity contribution in [2.75, 3.05) is 19.8 Å². The molecule has 0 aliphatic heterocycles. The molecule has 0 saturated heterocycles. The Balaban J connectivity index is 3.76. The van der Waals surface area contributed by atoms with Gasteiger partial charge in [0.1, 0.15) is 0 Å². The van der Waals surface area contributed by atoms with E-state index in [9.17, 15) is 4.79 Å². The minimum absolute atomic E-state index is 0.0653. The first kappa shape index (κ1) is 19.4. The van der Waals surface area contributed by atoms with E-state index in [2.05, 4.69) is 39.9 Å². The Morgan fingerprint density at radius 3 is 2.15 bits per heavy atom. The smallest absolute Gasteiger partial charge is 0.220 e. The van der Waals surface area contributed by atoms with E-state index in [1.165, 1.54) is 0 Å². The molecule has 0 saturated carbocycles. The topological polar surface area (TPSA) is 47.6 Å². The van der Waals surface area contributed by atoms with Gasteiger partial charge >= 0.3 is 0 Å². The minimum Gasteiger partial charge on any atom is -0.375 e. The maximum Gasteiger partial charge on any atom is 0.220 e. The number of hydrogen-bond donors (Lipinski definition) is 1. The van der Waals surface area contributed by atoms with Crippen LogP contribution >= 0.6 is 0 Å². The molecule has 0 radical (unpaired) electrons. The van der Waals surface area contributed by atoms with Gasteiger partial charge in [0.2, 0.25) is 5.91 Å². The molecule has 0 aliphatic carbocycles. The Morgan fingerprint density at radius 2 is 1.60 bits per heavy atom. The van der Waals surface area contributed by atoms with Crippen LogP contribution in [0.2, 0.25) is 0 Å². The van der Waals surface area contributed by atoms with E-state index in [0.29, 0.717) is 26.2 Å². The molecule has 1 amide bonds. The second-order valence-corrected chi connectivity index (χ2v) is 6.42. The summed E-state index contributed by atoms with van der Waals surface area (Å²) in [6.45, 7) is 14.2. The second kappa shape index (κ2) is 9.35. The van der Waals surface area contributed by atoms with E-state index in [0.717, 1.165) is 19.3 Å². The maximum atomic E-state index is 11.3. The summed E-state index contributed by atoms with van der Waals surface area (Å²) in [6, 6.07) is 0. The van der Waals surface area contributed by atoms with Crippen LogP contribution in [-0.4, -0.2) is 36.9 Å². The zero-order valence-corrected chi connectivity index (χ0v) is 14.2. The third-order valence-electron chi connectivity index (χ3n) is 3.44. The highest BCUT2D eigenvalue weighted by atomic mass is 16.5. The molecule has 20 heavy (non-hydrogen) atoms. The average molecular weight is 287 g/mol.